The van der Waals surface area contributed by atoms with E-state index in [1.807, 2.05) is 30.3 Å². The number of hydrazone groups is 1. The third-order valence-corrected chi connectivity index (χ3v) is 9.03. The summed E-state index contributed by atoms with van der Waals surface area (Å²) in [6.45, 7) is 2.32. The molecule has 0 radical (unpaired) electrons. The summed E-state index contributed by atoms with van der Waals surface area (Å²) in [4.78, 5) is 0. The van der Waals surface area contributed by atoms with Crippen LogP contribution in [0.1, 0.15) is 51.8 Å². The number of amidine groups is 1. The molecule has 0 aliphatic heterocycles. The number of nitrogens with two attached hydrogens (primary N) is 2. The Balaban J connectivity index is 0.000000257. The molecule has 3 nitrogen and oxygen atoms in total. The minimum absolute atomic E-state index is 0.258. The van der Waals surface area contributed by atoms with Gasteiger partial charge in [-0.15, -0.1) is 0 Å². The smallest absolute Gasteiger partial charge is 0.150 e. The Morgan fingerprint density at radius 1 is 0.512 bits per heavy atom. The number of hydrogen-bond acceptors (Lipinski definition) is 2. The Kier molecular flexibility index (Phi) is 6.64. The predicted molar refractivity (Wildman–Crippen MR) is 178 cm³/mol. The van der Waals surface area contributed by atoms with Gasteiger partial charge in [-0.2, -0.15) is 5.10 Å². The van der Waals surface area contributed by atoms with Crippen molar-refractivity contribution in [1.82, 2.24) is 0 Å². The topological polar surface area (TPSA) is 64.4 Å². The highest BCUT2D eigenvalue weighted by molar-refractivity contribution is 5.97. The van der Waals surface area contributed by atoms with E-state index in [0.29, 0.717) is 11.8 Å². The van der Waals surface area contributed by atoms with Crippen molar-refractivity contribution < 1.29 is 0 Å². The highest BCUT2D eigenvalue weighted by Gasteiger charge is 2.51. The molecule has 0 saturated heterocycles. The molecule has 2 aliphatic rings. The number of benzene rings is 6. The maximum atomic E-state index is 5.42. The van der Waals surface area contributed by atoms with Crippen LogP contribution < -0.4 is 11.6 Å². The van der Waals surface area contributed by atoms with Crippen molar-refractivity contribution in [2.45, 2.75) is 18.3 Å². The molecule has 3 heteroatoms. The molecule has 0 heterocycles. The van der Waals surface area contributed by atoms with Gasteiger partial charge in [0.1, 0.15) is 5.84 Å². The summed E-state index contributed by atoms with van der Waals surface area (Å²) in [5.41, 5.74) is 19.8. The van der Waals surface area contributed by atoms with Crippen molar-refractivity contribution in [3.05, 3.63) is 191 Å². The zero-order valence-corrected chi connectivity index (χ0v) is 24.1. The SMILES string of the molecule is CC(c1ccccc1)c1ccc2c(c1)C1(c3ccccc3-c3ccccc31)c1ccccc1-2.N/N=C(\N)c1ccccc1. The molecule has 2 aliphatic carbocycles. The zero-order chi connectivity index (χ0) is 29.4. The van der Waals surface area contributed by atoms with Crippen molar-refractivity contribution in [2.75, 3.05) is 0 Å². The fourth-order valence-electron chi connectivity index (χ4n) is 7.00. The van der Waals surface area contributed by atoms with Gasteiger partial charge in [0.05, 0.1) is 5.41 Å². The van der Waals surface area contributed by atoms with Gasteiger partial charge in [-0.3, -0.25) is 0 Å². The predicted octanol–water partition coefficient (Wildman–Crippen LogP) is 8.45. The van der Waals surface area contributed by atoms with Gasteiger partial charge in [0.25, 0.3) is 0 Å². The molecule has 8 rings (SSSR count). The maximum absolute atomic E-state index is 5.42. The van der Waals surface area contributed by atoms with Crippen LogP contribution in [0.3, 0.4) is 0 Å². The second-order valence-corrected chi connectivity index (χ2v) is 11.2. The summed E-state index contributed by atoms with van der Waals surface area (Å²) in [7, 11) is 0. The summed E-state index contributed by atoms with van der Waals surface area (Å²) in [5.74, 6) is 5.67. The van der Waals surface area contributed by atoms with Crippen molar-refractivity contribution in [1.29, 1.82) is 0 Å². The fraction of sp³-hybridized carbons (Fsp3) is 0.0750. The lowest BCUT2D eigenvalue weighted by Crippen LogP contribution is -2.26. The van der Waals surface area contributed by atoms with E-state index in [9.17, 15) is 0 Å². The third kappa shape index (κ3) is 4.16. The van der Waals surface area contributed by atoms with Gasteiger partial charge in [-0.25, -0.2) is 0 Å². The standard InChI is InChI=1S/C33H24.C7H9N3/c1-22(23-11-3-2-4-12-23)24-19-20-28-27-15-7-10-18-31(27)33(32(28)21-24)29-16-8-5-13-25(29)26-14-6-9-17-30(26)33;8-7(10-9)6-4-2-1-3-5-6/h2-22H,1H3;1-5H,9H2,(H2,8,10). The number of fused-ring (bicyclic) bond motifs is 10. The van der Waals surface area contributed by atoms with Crippen molar-refractivity contribution in [3.63, 3.8) is 0 Å². The van der Waals surface area contributed by atoms with E-state index in [4.69, 9.17) is 11.6 Å². The van der Waals surface area contributed by atoms with Crippen LogP contribution in [-0.4, -0.2) is 5.84 Å². The maximum Gasteiger partial charge on any atom is 0.150 e. The lowest BCUT2D eigenvalue weighted by molar-refractivity contribution is 0.788. The molecule has 1 atom stereocenters. The van der Waals surface area contributed by atoms with Crippen molar-refractivity contribution in [3.8, 4) is 22.3 Å². The Morgan fingerprint density at radius 3 is 1.47 bits per heavy atom. The van der Waals surface area contributed by atoms with E-state index in [2.05, 4.69) is 133 Å². The molecule has 0 bridgehead atoms. The highest BCUT2D eigenvalue weighted by atomic mass is 15.1. The molecule has 6 aromatic rings. The molecule has 0 amide bonds. The van der Waals surface area contributed by atoms with Crippen LogP contribution in [0.15, 0.2) is 157 Å². The minimum atomic E-state index is -0.258. The lowest BCUT2D eigenvalue weighted by Gasteiger charge is -2.31. The third-order valence-electron chi connectivity index (χ3n) is 9.03. The first-order chi connectivity index (χ1) is 21.1. The summed E-state index contributed by atoms with van der Waals surface area (Å²) < 4.78 is 0. The first-order valence-electron chi connectivity index (χ1n) is 14.7. The first-order valence-corrected chi connectivity index (χ1v) is 14.7. The average Bonchev–Trinajstić information content (AvgIpc) is 3.56. The molecular formula is C40H33N3. The van der Waals surface area contributed by atoms with Gasteiger partial charge in [0.2, 0.25) is 0 Å². The Labute approximate surface area is 253 Å². The molecule has 0 saturated carbocycles. The second-order valence-electron chi connectivity index (χ2n) is 11.2. The molecular weight excluding hydrogens is 522 g/mol. The summed E-state index contributed by atoms with van der Waals surface area (Å²) in [6.07, 6.45) is 0. The fourth-order valence-corrected chi connectivity index (χ4v) is 7.00. The first kappa shape index (κ1) is 26.5. The summed E-state index contributed by atoms with van der Waals surface area (Å²) in [6, 6.07) is 54.4. The molecule has 4 N–H and O–H groups in total. The molecule has 6 aromatic carbocycles. The number of rotatable bonds is 3. The molecule has 1 spiro atoms. The van der Waals surface area contributed by atoms with Crippen LogP contribution in [0.25, 0.3) is 22.3 Å². The van der Waals surface area contributed by atoms with Crippen LogP contribution in [0.4, 0.5) is 0 Å². The number of nitrogens with zero attached hydrogens (tertiary/aromatic N) is 1. The van der Waals surface area contributed by atoms with Gasteiger partial charge in [0, 0.05) is 11.5 Å². The summed E-state index contributed by atoms with van der Waals surface area (Å²) in [5, 5.41) is 3.35. The Hall–Kier alpha value is -5.41. The van der Waals surface area contributed by atoms with E-state index in [-0.39, 0.29) is 5.41 Å². The van der Waals surface area contributed by atoms with Gasteiger partial charge < -0.3 is 11.6 Å². The molecule has 0 fully saturated rings. The largest absolute Gasteiger partial charge is 0.382 e. The number of hydrogen-bond donors (Lipinski definition) is 2. The van der Waals surface area contributed by atoms with Crippen LogP contribution in [0, 0.1) is 0 Å². The van der Waals surface area contributed by atoms with E-state index >= 15 is 0 Å². The van der Waals surface area contributed by atoms with Crippen LogP contribution in [0.5, 0.6) is 0 Å². The van der Waals surface area contributed by atoms with E-state index in [1.54, 1.807) is 0 Å². The second kappa shape index (κ2) is 10.8. The molecule has 0 aromatic heterocycles. The Bertz CT molecular complexity index is 1890. The summed E-state index contributed by atoms with van der Waals surface area (Å²) >= 11 is 0. The van der Waals surface area contributed by atoms with Crippen molar-refractivity contribution >= 4 is 5.84 Å². The van der Waals surface area contributed by atoms with Crippen LogP contribution in [0.2, 0.25) is 0 Å². The quantitative estimate of drug-likeness (QED) is 0.0994. The van der Waals surface area contributed by atoms with Gasteiger partial charge in [-0.05, 0) is 55.6 Å². The molecule has 43 heavy (non-hydrogen) atoms. The normalized spacial score (nSPS) is 14.1. The van der Waals surface area contributed by atoms with Gasteiger partial charge >= 0.3 is 0 Å². The Morgan fingerprint density at radius 2 is 0.953 bits per heavy atom. The van der Waals surface area contributed by atoms with E-state index < -0.39 is 0 Å². The lowest BCUT2D eigenvalue weighted by atomic mass is 9.70. The van der Waals surface area contributed by atoms with Gasteiger partial charge in [-0.1, -0.05) is 159 Å². The minimum Gasteiger partial charge on any atom is -0.382 e. The van der Waals surface area contributed by atoms with Gasteiger partial charge in [0.15, 0.2) is 0 Å². The van der Waals surface area contributed by atoms with Crippen molar-refractivity contribution in [2.24, 2.45) is 16.7 Å². The average molecular weight is 556 g/mol. The van der Waals surface area contributed by atoms with Crippen LogP contribution >= 0.6 is 0 Å². The van der Waals surface area contributed by atoms with Crippen LogP contribution in [-0.2, 0) is 5.41 Å². The molecule has 1 unspecified atom stereocenters. The van der Waals surface area contributed by atoms with E-state index in [0.717, 1.165) is 5.56 Å². The molecule has 208 valence electrons. The van der Waals surface area contributed by atoms with E-state index in [1.165, 1.54) is 55.6 Å². The highest BCUT2D eigenvalue weighted by Crippen LogP contribution is 2.62. The zero-order valence-electron chi connectivity index (χ0n) is 24.1. The monoisotopic (exact) mass is 555 g/mol.